The van der Waals surface area contributed by atoms with Crippen LogP contribution in [0.15, 0.2) is 54.6 Å². The highest BCUT2D eigenvalue weighted by atomic mass is 16.1. The summed E-state index contributed by atoms with van der Waals surface area (Å²) in [5.41, 5.74) is 3.21. The van der Waals surface area contributed by atoms with E-state index in [-0.39, 0.29) is 5.91 Å². The minimum atomic E-state index is 0.0208. The van der Waals surface area contributed by atoms with Crippen LogP contribution < -0.4 is 10.6 Å². The minimum absolute atomic E-state index is 0.0208. The van der Waals surface area contributed by atoms with Gasteiger partial charge in [0, 0.05) is 24.3 Å². The Labute approximate surface area is 126 Å². The summed E-state index contributed by atoms with van der Waals surface area (Å²) < 4.78 is 0. The smallest absolute Gasteiger partial charge is 0.226 e. The summed E-state index contributed by atoms with van der Waals surface area (Å²) in [4.78, 5) is 11.8. The van der Waals surface area contributed by atoms with Crippen molar-refractivity contribution in [2.24, 2.45) is 0 Å². The maximum Gasteiger partial charge on any atom is 0.226 e. The van der Waals surface area contributed by atoms with Crippen LogP contribution in [0.2, 0.25) is 0 Å². The van der Waals surface area contributed by atoms with Crippen LogP contribution in [0.1, 0.15) is 31.7 Å². The summed E-state index contributed by atoms with van der Waals surface area (Å²) >= 11 is 0. The first kappa shape index (κ1) is 15.1. The van der Waals surface area contributed by atoms with Gasteiger partial charge >= 0.3 is 0 Å². The molecule has 0 radical (unpaired) electrons. The largest absolute Gasteiger partial charge is 0.385 e. The first-order chi connectivity index (χ1) is 10.1. The Morgan fingerprint density at radius 3 is 2.24 bits per heavy atom. The van der Waals surface area contributed by atoms with Crippen LogP contribution in [0.25, 0.3) is 0 Å². The van der Waals surface area contributed by atoms with E-state index in [4.69, 9.17) is 0 Å². The number of carbonyl (C=O) groups excluding carboxylic acids is 1. The topological polar surface area (TPSA) is 41.1 Å². The average molecular weight is 282 g/mol. The Bertz CT molecular complexity index is 562. The van der Waals surface area contributed by atoms with Crippen molar-refractivity contribution >= 4 is 17.3 Å². The highest BCUT2D eigenvalue weighted by Crippen LogP contribution is 2.17. The summed E-state index contributed by atoms with van der Waals surface area (Å²) in [6, 6.07) is 17.9. The Kier molecular flexibility index (Phi) is 5.38. The molecule has 2 rings (SSSR count). The Balaban J connectivity index is 1.75. The van der Waals surface area contributed by atoms with Crippen LogP contribution in [0.4, 0.5) is 11.4 Å². The van der Waals surface area contributed by atoms with E-state index in [0.29, 0.717) is 18.9 Å². The van der Waals surface area contributed by atoms with Gasteiger partial charge in [0.1, 0.15) is 0 Å². The lowest BCUT2D eigenvalue weighted by Gasteiger charge is -2.09. The third-order valence-electron chi connectivity index (χ3n) is 3.32. The second kappa shape index (κ2) is 7.48. The van der Waals surface area contributed by atoms with E-state index in [0.717, 1.165) is 11.4 Å². The highest BCUT2D eigenvalue weighted by molar-refractivity contribution is 5.90. The number of para-hydroxylation sites is 1. The lowest BCUT2D eigenvalue weighted by atomic mass is 10.0. The standard InChI is InChI=1S/C18H22N2O/c1-14(2)15-8-10-16(11-9-15)19-13-12-18(21)20-17-6-4-3-5-7-17/h3-11,14,19H,12-13H2,1-2H3,(H,20,21). The van der Waals surface area contributed by atoms with Crippen molar-refractivity contribution in [1.29, 1.82) is 0 Å². The first-order valence-corrected chi connectivity index (χ1v) is 7.34. The van der Waals surface area contributed by atoms with Crippen molar-refractivity contribution in [3.8, 4) is 0 Å². The monoisotopic (exact) mass is 282 g/mol. The van der Waals surface area contributed by atoms with E-state index in [2.05, 4.69) is 48.7 Å². The molecule has 0 bridgehead atoms. The molecule has 2 aromatic carbocycles. The number of hydrogen-bond donors (Lipinski definition) is 2. The van der Waals surface area contributed by atoms with Gasteiger partial charge in [0.25, 0.3) is 0 Å². The molecule has 0 heterocycles. The van der Waals surface area contributed by atoms with Crippen LogP contribution >= 0.6 is 0 Å². The van der Waals surface area contributed by atoms with Crippen molar-refractivity contribution in [3.63, 3.8) is 0 Å². The zero-order chi connectivity index (χ0) is 15.1. The van der Waals surface area contributed by atoms with Crippen LogP contribution in [-0.2, 0) is 4.79 Å². The Morgan fingerprint density at radius 1 is 0.952 bits per heavy atom. The second-order valence-corrected chi connectivity index (χ2v) is 5.37. The fraction of sp³-hybridized carbons (Fsp3) is 0.278. The molecule has 0 fully saturated rings. The molecule has 0 unspecified atom stereocenters. The van der Waals surface area contributed by atoms with Gasteiger partial charge in [0.15, 0.2) is 0 Å². The number of amides is 1. The fourth-order valence-corrected chi connectivity index (χ4v) is 2.05. The number of carbonyl (C=O) groups is 1. The average Bonchev–Trinajstić information content (AvgIpc) is 2.49. The molecule has 110 valence electrons. The van der Waals surface area contributed by atoms with E-state index in [1.165, 1.54) is 5.56 Å². The van der Waals surface area contributed by atoms with Crippen LogP contribution in [0, 0.1) is 0 Å². The lowest BCUT2D eigenvalue weighted by Crippen LogP contribution is -2.16. The van der Waals surface area contributed by atoms with E-state index >= 15 is 0 Å². The summed E-state index contributed by atoms with van der Waals surface area (Å²) in [6.45, 7) is 4.98. The zero-order valence-corrected chi connectivity index (χ0v) is 12.6. The zero-order valence-electron chi connectivity index (χ0n) is 12.6. The molecule has 2 aromatic rings. The molecule has 0 atom stereocenters. The van der Waals surface area contributed by atoms with Gasteiger partial charge in [0.05, 0.1) is 0 Å². The van der Waals surface area contributed by atoms with Gasteiger partial charge in [-0.1, -0.05) is 44.2 Å². The quantitative estimate of drug-likeness (QED) is 0.831. The van der Waals surface area contributed by atoms with Crippen molar-refractivity contribution in [1.82, 2.24) is 0 Å². The fourth-order valence-electron chi connectivity index (χ4n) is 2.05. The number of rotatable bonds is 6. The van der Waals surface area contributed by atoms with E-state index in [9.17, 15) is 4.79 Å². The summed E-state index contributed by atoms with van der Waals surface area (Å²) in [7, 11) is 0. The van der Waals surface area contributed by atoms with Crippen LogP contribution in [0.3, 0.4) is 0 Å². The summed E-state index contributed by atoms with van der Waals surface area (Å²) in [6.07, 6.45) is 0.445. The maximum absolute atomic E-state index is 11.8. The summed E-state index contributed by atoms with van der Waals surface area (Å²) in [5.74, 6) is 0.559. The predicted molar refractivity (Wildman–Crippen MR) is 88.7 cm³/mol. The number of hydrogen-bond acceptors (Lipinski definition) is 2. The van der Waals surface area contributed by atoms with Crippen molar-refractivity contribution in [3.05, 3.63) is 60.2 Å². The van der Waals surface area contributed by atoms with Gasteiger partial charge in [-0.05, 0) is 35.7 Å². The Morgan fingerprint density at radius 2 is 1.62 bits per heavy atom. The molecule has 3 heteroatoms. The molecule has 1 amide bonds. The van der Waals surface area contributed by atoms with Gasteiger partial charge in [-0.15, -0.1) is 0 Å². The molecule has 0 saturated heterocycles. The molecular formula is C18H22N2O. The van der Waals surface area contributed by atoms with Gasteiger partial charge in [-0.2, -0.15) is 0 Å². The molecule has 3 nitrogen and oxygen atoms in total. The molecular weight excluding hydrogens is 260 g/mol. The van der Waals surface area contributed by atoms with Crippen LogP contribution in [0.5, 0.6) is 0 Å². The molecule has 0 aliphatic carbocycles. The molecule has 21 heavy (non-hydrogen) atoms. The number of benzene rings is 2. The van der Waals surface area contributed by atoms with E-state index in [1.54, 1.807) is 0 Å². The van der Waals surface area contributed by atoms with Crippen molar-refractivity contribution in [2.75, 3.05) is 17.2 Å². The lowest BCUT2D eigenvalue weighted by molar-refractivity contribution is -0.115. The SMILES string of the molecule is CC(C)c1ccc(NCCC(=O)Nc2ccccc2)cc1. The van der Waals surface area contributed by atoms with Gasteiger partial charge in [-0.3, -0.25) is 4.79 Å². The second-order valence-electron chi connectivity index (χ2n) is 5.37. The third-order valence-corrected chi connectivity index (χ3v) is 3.32. The first-order valence-electron chi connectivity index (χ1n) is 7.34. The van der Waals surface area contributed by atoms with E-state index < -0.39 is 0 Å². The maximum atomic E-state index is 11.8. The molecule has 0 aliphatic rings. The van der Waals surface area contributed by atoms with Crippen LogP contribution in [-0.4, -0.2) is 12.5 Å². The number of anilines is 2. The van der Waals surface area contributed by atoms with E-state index in [1.807, 2.05) is 30.3 Å². The summed E-state index contributed by atoms with van der Waals surface area (Å²) in [5, 5.41) is 6.14. The third kappa shape index (κ3) is 4.95. The molecule has 0 saturated carbocycles. The molecule has 2 N–H and O–H groups in total. The highest BCUT2D eigenvalue weighted by Gasteiger charge is 2.02. The Hall–Kier alpha value is -2.29. The van der Waals surface area contributed by atoms with Gasteiger partial charge in [0.2, 0.25) is 5.91 Å². The van der Waals surface area contributed by atoms with Gasteiger partial charge < -0.3 is 10.6 Å². The molecule has 0 spiro atoms. The van der Waals surface area contributed by atoms with Crippen molar-refractivity contribution < 1.29 is 4.79 Å². The number of nitrogens with one attached hydrogen (secondary N) is 2. The molecule has 0 aliphatic heterocycles. The van der Waals surface area contributed by atoms with Gasteiger partial charge in [-0.25, -0.2) is 0 Å². The molecule has 0 aromatic heterocycles. The van der Waals surface area contributed by atoms with Crippen molar-refractivity contribution in [2.45, 2.75) is 26.2 Å². The minimum Gasteiger partial charge on any atom is -0.385 e. The normalized spacial score (nSPS) is 10.4. The predicted octanol–water partition coefficient (Wildman–Crippen LogP) is 4.25.